The minimum Gasteiger partial charge on any atom is -0.465 e. The van der Waals surface area contributed by atoms with Crippen molar-refractivity contribution in [2.24, 2.45) is 0 Å². The van der Waals surface area contributed by atoms with Crippen molar-refractivity contribution in [2.45, 2.75) is 0 Å². The van der Waals surface area contributed by atoms with Crippen molar-refractivity contribution in [3.63, 3.8) is 0 Å². The van der Waals surface area contributed by atoms with E-state index in [0.717, 1.165) is 4.47 Å². The van der Waals surface area contributed by atoms with E-state index in [1.165, 1.54) is 32.2 Å². The molecule has 2 aromatic heterocycles. The first-order valence-corrected chi connectivity index (χ1v) is 5.27. The predicted octanol–water partition coefficient (Wildman–Crippen LogP) is 1.50. The molecule has 0 fully saturated rings. The first-order chi connectivity index (χ1) is 8.24. The topological polar surface area (TPSA) is 77.9 Å². The fraction of sp³-hybridized carbons (Fsp3) is 0.100. The van der Waals surface area contributed by atoms with Gasteiger partial charge in [0.05, 0.1) is 17.1 Å². The third-order valence-electron chi connectivity index (χ3n) is 1.51. The lowest BCUT2D eigenvalue weighted by atomic mass is 10.4. The molecule has 0 saturated carbocycles. The number of rotatable bonds is 1. The summed E-state index contributed by atoms with van der Waals surface area (Å²) in [4.78, 5) is 25.4. The zero-order chi connectivity index (χ0) is 12.5. The summed E-state index contributed by atoms with van der Waals surface area (Å²) in [5.74, 6) is -0.416. The van der Waals surface area contributed by atoms with Crippen LogP contribution in [0.3, 0.4) is 0 Å². The van der Waals surface area contributed by atoms with Crippen LogP contribution in [-0.2, 0) is 4.74 Å². The van der Waals surface area contributed by atoms with Gasteiger partial charge in [-0.25, -0.2) is 24.7 Å². The summed E-state index contributed by atoms with van der Waals surface area (Å²) < 4.78 is 5.33. The molecule has 2 rings (SSSR count). The van der Waals surface area contributed by atoms with Crippen molar-refractivity contribution in [1.29, 1.82) is 0 Å². The number of esters is 1. The van der Waals surface area contributed by atoms with Crippen molar-refractivity contribution in [1.82, 2.24) is 19.9 Å². The lowest BCUT2D eigenvalue weighted by Gasteiger charge is -1.94. The second-order valence-corrected chi connectivity index (χ2v) is 3.59. The molecular weight excluding hydrogens is 288 g/mol. The minimum absolute atomic E-state index is 0.366. The Morgan fingerprint density at radius 3 is 1.88 bits per heavy atom. The normalized spacial score (nSPS) is 8.82. The highest BCUT2D eigenvalue weighted by atomic mass is 79.9. The molecule has 2 heterocycles. The Balaban J connectivity index is 0.000000181. The molecule has 7 heteroatoms. The van der Waals surface area contributed by atoms with Gasteiger partial charge in [0.1, 0.15) is 12.7 Å². The third kappa shape index (κ3) is 5.12. The molecule has 0 spiro atoms. The van der Waals surface area contributed by atoms with Crippen LogP contribution in [0.4, 0.5) is 0 Å². The summed E-state index contributed by atoms with van der Waals surface area (Å²) in [7, 11) is 1.31. The summed E-state index contributed by atoms with van der Waals surface area (Å²) in [6.07, 6.45) is 9.02. The van der Waals surface area contributed by atoms with Crippen LogP contribution in [0.2, 0.25) is 0 Å². The smallest absolute Gasteiger partial charge is 0.341 e. The Kier molecular flexibility index (Phi) is 5.73. The van der Waals surface area contributed by atoms with Gasteiger partial charge in [0.2, 0.25) is 0 Å². The largest absolute Gasteiger partial charge is 0.465 e. The summed E-state index contributed by atoms with van der Waals surface area (Å²) in [5.41, 5.74) is 0.366. The second kappa shape index (κ2) is 7.39. The van der Waals surface area contributed by atoms with E-state index in [1.807, 2.05) is 0 Å². The predicted molar refractivity (Wildman–Crippen MR) is 63.1 cm³/mol. The van der Waals surface area contributed by atoms with E-state index in [9.17, 15) is 4.79 Å². The quantitative estimate of drug-likeness (QED) is 0.742. The number of aromatic nitrogens is 4. The van der Waals surface area contributed by atoms with Crippen molar-refractivity contribution >= 4 is 21.9 Å². The molecule has 17 heavy (non-hydrogen) atoms. The van der Waals surface area contributed by atoms with Crippen LogP contribution >= 0.6 is 15.9 Å². The third-order valence-corrected chi connectivity index (χ3v) is 1.92. The first-order valence-electron chi connectivity index (χ1n) is 4.48. The number of carbonyl (C=O) groups excluding carboxylic acids is 1. The molecule has 0 amide bonds. The molecule has 0 aliphatic rings. The SMILES string of the molecule is Brc1cncnc1.COC(=O)c1cncnc1. The molecule has 2 aromatic rings. The number of halogens is 1. The van der Waals surface area contributed by atoms with Gasteiger partial charge in [0.25, 0.3) is 0 Å². The monoisotopic (exact) mass is 296 g/mol. The zero-order valence-electron chi connectivity index (χ0n) is 8.95. The molecule has 6 nitrogen and oxygen atoms in total. The first kappa shape index (κ1) is 13.2. The molecule has 0 saturated heterocycles. The van der Waals surface area contributed by atoms with Crippen LogP contribution in [0, 0.1) is 0 Å². The van der Waals surface area contributed by atoms with Gasteiger partial charge in [-0.15, -0.1) is 0 Å². The summed E-state index contributed by atoms with van der Waals surface area (Å²) in [6, 6.07) is 0. The Bertz CT molecular complexity index is 452. The number of hydrogen-bond donors (Lipinski definition) is 0. The molecule has 0 N–H and O–H groups in total. The van der Waals surface area contributed by atoms with Gasteiger partial charge >= 0.3 is 5.97 Å². The molecule has 0 atom stereocenters. The van der Waals surface area contributed by atoms with Gasteiger partial charge in [0.15, 0.2) is 0 Å². The molecule has 0 bridgehead atoms. The maximum Gasteiger partial charge on any atom is 0.341 e. The average Bonchev–Trinajstić information content (AvgIpc) is 2.40. The molecular formula is C10H9BrN4O2. The molecule has 88 valence electrons. The van der Waals surface area contributed by atoms with Crippen molar-refractivity contribution in [3.05, 3.63) is 47.5 Å². The van der Waals surface area contributed by atoms with Crippen molar-refractivity contribution in [3.8, 4) is 0 Å². The van der Waals surface area contributed by atoms with E-state index in [2.05, 4.69) is 40.6 Å². The van der Waals surface area contributed by atoms with Crippen molar-refractivity contribution in [2.75, 3.05) is 7.11 Å². The Morgan fingerprint density at radius 1 is 1.06 bits per heavy atom. The molecule has 0 aromatic carbocycles. The van der Waals surface area contributed by atoms with E-state index in [-0.39, 0.29) is 0 Å². The minimum atomic E-state index is -0.416. The van der Waals surface area contributed by atoms with Crippen LogP contribution in [-0.4, -0.2) is 33.0 Å². The van der Waals surface area contributed by atoms with Crippen LogP contribution < -0.4 is 0 Å². The van der Waals surface area contributed by atoms with Crippen molar-refractivity contribution < 1.29 is 9.53 Å². The van der Waals surface area contributed by atoms with Gasteiger partial charge in [-0.05, 0) is 15.9 Å². The fourth-order valence-corrected chi connectivity index (χ4v) is 1.04. The highest BCUT2D eigenvalue weighted by molar-refractivity contribution is 9.10. The molecule has 0 radical (unpaired) electrons. The van der Waals surface area contributed by atoms with E-state index in [4.69, 9.17) is 0 Å². The summed E-state index contributed by atoms with van der Waals surface area (Å²) >= 11 is 3.19. The number of methoxy groups -OCH3 is 1. The number of hydrogen-bond acceptors (Lipinski definition) is 6. The van der Waals surface area contributed by atoms with Gasteiger partial charge in [-0.1, -0.05) is 0 Å². The fourth-order valence-electron chi connectivity index (χ4n) is 0.803. The Hall–Kier alpha value is -1.89. The Morgan fingerprint density at radius 2 is 1.53 bits per heavy atom. The Labute approximate surface area is 106 Å². The number of nitrogens with zero attached hydrogens (tertiary/aromatic N) is 4. The van der Waals surface area contributed by atoms with E-state index in [0.29, 0.717) is 5.56 Å². The highest BCUT2D eigenvalue weighted by Gasteiger charge is 2.02. The highest BCUT2D eigenvalue weighted by Crippen LogP contribution is 2.00. The summed E-state index contributed by atoms with van der Waals surface area (Å²) in [5, 5.41) is 0. The van der Waals surface area contributed by atoms with Crippen LogP contribution in [0.1, 0.15) is 10.4 Å². The second-order valence-electron chi connectivity index (χ2n) is 2.68. The molecule has 0 aliphatic carbocycles. The van der Waals surface area contributed by atoms with Gasteiger partial charge in [-0.3, -0.25) is 0 Å². The number of carbonyl (C=O) groups is 1. The van der Waals surface area contributed by atoms with Gasteiger partial charge in [0, 0.05) is 24.8 Å². The maximum absolute atomic E-state index is 10.7. The maximum atomic E-state index is 10.7. The standard InChI is InChI=1S/C6H6N2O2.C4H3BrN2/c1-10-6(9)5-2-7-4-8-3-5;5-4-1-6-3-7-2-4/h2-4H,1H3;1-3H. The van der Waals surface area contributed by atoms with E-state index >= 15 is 0 Å². The lowest BCUT2D eigenvalue weighted by molar-refractivity contribution is 0.0599. The van der Waals surface area contributed by atoms with E-state index in [1.54, 1.807) is 12.4 Å². The molecule has 0 unspecified atom stereocenters. The molecule has 0 aliphatic heterocycles. The van der Waals surface area contributed by atoms with Gasteiger partial charge in [-0.2, -0.15) is 0 Å². The van der Waals surface area contributed by atoms with Gasteiger partial charge < -0.3 is 4.74 Å². The zero-order valence-corrected chi connectivity index (χ0v) is 10.5. The van der Waals surface area contributed by atoms with Crippen LogP contribution in [0.25, 0.3) is 0 Å². The average molecular weight is 297 g/mol. The lowest BCUT2D eigenvalue weighted by Crippen LogP contribution is -2.01. The number of ether oxygens (including phenoxy) is 1. The van der Waals surface area contributed by atoms with Crippen LogP contribution in [0.5, 0.6) is 0 Å². The summed E-state index contributed by atoms with van der Waals surface area (Å²) in [6.45, 7) is 0. The van der Waals surface area contributed by atoms with E-state index < -0.39 is 5.97 Å². The van der Waals surface area contributed by atoms with Crippen LogP contribution in [0.15, 0.2) is 41.9 Å².